The number of aryl methyl sites for hydroxylation is 2. The van der Waals surface area contributed by atoms with E-state index in [1.165, 1.54) is 12.4 Å². The molecule has 0 radical (unpaired) electrons. The predicted molar refractivity (Wildman–Crippen MR) is 276 cm³/mol. The maximum Gasteiger partial charge on any atom is 0.327 e. The summed E-state index contributed by atoms with van der Waals surface area (Å²) in [5.41, 5.74) is 7.24. The fourth-order valence-corrected chi connectivity index (χ4v) is 10.1. The average Bonchev–Trinajstić information content (AvgIpc) is 4.10. The lowest BCUT2D eigenvalue weighted by Gasteiger charge is -2.36. The number of rotatable bonds is 11. The highest BCUT2D eigenvalue weighted by Crippen LogP contribution is 2.45. The lowest BCUT2D eigenvalue weighted by Crippen LogP contribution is -2.48. The number of hydrogen-bond acceptors (Lipinski definition) is 16. The second-order valence-electron chi connectivity index (χ2n) is 18.8. The van der Waals surface area contributed by atoms with Crippen molar-refractivity contribution in [3.05, 3.63) is 107 Å². The molecule has 4 atom stereocenters. The van der Waals surface area contributed by atoms with E-state index in [2.05, 4.69) is 40.4 Å². The molecule has 20 nitrogen and oxygen atoms in total. The van der Waals surface area contributed by atoms with Crippen LogP contribution in [-0.2, 0) is 9.47 Å². The maximum absolute atomic E-state index is 13.7. The summed E-state index contributed by atoms with van der Waals surface area (Å²) in [6, 6.07) is 14.1. The number of fused-ring (bicyclic) bond motifs is 8. The molecule has 6 aromatic heterocycles. The minimum atomic E-state index is -1.00. The van der Waals surface area contributed by atoms with E-state index in [9.17, 15) is 14.7 Å². The van der Waals surface area contributed by atoms with Gasteiger partial charge in [-0.25, -0.2) is 19.6 Å². The van der Waals surface area contributed by atoms with E-state index in [-0.39, 0.29) is 36.9 Å². The Balaban J connectivity index is 0.000000168. The smallest absolute Gasteiger partial charge is 0.327 e. The minimum Gasteiger partial charge on any atom is -0.489 e. The molecule has 380 valence electrons. The van der Waals surface area contributed by atoms with Crippen LogP contribution in [0.15, 0.2) is 85.7 Å². The van der Waals surface area contributed by atoms with Gasteiger partial charge in [-0.15, -0.1) is 0 Å². The molecule has 6 aromatic rings. The van der Waals surface area contributed by atoms with Crippen molar-refractivity contribution < 1.29 is 38.7 Å². The number of ether oxygens (including phenoxy) is 4. The van der Waals surface area contributed by atoms with E-state index in [0.717, 1.165) is 66.4 Å². The van der Waals surface area contributed by atoms with Crippen LogP contribution in [0.5, 0.6) is 11.5 Å². The zero-order valence-corrected chi connectivity index (χ0v) is 42.0. The van der Waals surface area contributed by atoms with Crippen molar-refractivity contribution in [1.29, 1.82) is 0 Å². The molecule has 0 spiro atoms. The topological polar surface area (TPSA) is 226 Å². The van der Waals surface area contributed by atoms with Gasteiger partial charge in [0.25, 0.3) is 0 Å². The molecular weight excluding hydrogens is 980 g/mol. The number of amides is 4. The molecule has 73 heavy (non-hydrogen) atoms. The van der Waals surface area contributed by atoms with Gasteiger partial charge in [-0.2, -0.15) is 0 Å². The average molecular weight is 1030 g/mol. The fraction of sp³-hybridized carbons (Fsp3) is 0.373. The number of nitrogens with one attached hydrogen (secondary N) is 2. The van der Waals surface area contributed by atoms with Gasteiger partial charge in [0.1, 0.15) is 36.9 Å². The molecule has 5 aliphatic rings. The van der Waals surface area contributed by atoms with Gasteiger partial charge in [0.15, 0.2) is 17.4 Å². The number of anilines is 6. The number of pyridine rings is 6. The van der Waals surface area contributed by atoms with Crippen LogP contribution >= 0.6 is 23.2 Å². The first-order chi connectivity index (χ1) is 35.2. The monoisotopic (exact) mass is 1030 g/mol. The fourth-order valence-electron chi connectivity index (χ4n) is 9.54. The molecule has 0 saturated carbocycles. The third-order valence-corrected chi connectivity index (χ3v) is 13.5. The number of urea groups is 2. The number of hydrogen-bond donors (Lipinski definition) is 4. The first-order valence-corrected chi connectivity index (χ1v) is 24.7. The number of aliphatic hydroxyl groups is 2. The van der Waals surface area contributed by atoms with Crippen molar-refractivity contribution in [2.24, 2.45) is 0 Å². The van der Waals surface area contributed by atoms with Crippen molar-refractivity contribution in [3.63, 3.8) is 0 Å². The van der Waals surface area contributed by atoms with Crippen LogP contribution in [0, 0.1) is 13.8 Å². The Morgan fingerprint density at radius 2 is 1.27 bits per heavy atom. The maximum atomic E-state index is 13.7. The quantitative estimate of drug-likeness (QED) is 0.0984. The minimum absolute atomic E-state index is 0.00142. The van der Waals surface area contributed by atoms with E-state index >= 15 is 0 Å². The van der Waals surface area contributed by atoms with Crippen molar-refractivity contribution in [1.82, 2.24) is 29.9 Å². The van der Waals surface area contributed by atoms with Crippen molar-refractivity contribution in [2.45, 2.75) is 70.6 Å². The van der Waals surface area contributed by atoms with E-state index < -0.39 is 18.5 Å². The van der Waals surface area contributed by atoms with Crippen LogP contribution in [0.4, 0.5) is 44.0 Å². The van der Waals surface area contributed by atoms with Crippen LogP contribution < -0.4 is 39.7 Å². The summed E-state index contributed by atoms with van der Waals surface area (Å²) in [6.45, 7) is 10.9. The van der Waals surface area contributed by atoms with E-state index in [0.29, 0.717) is 75.7 Å². The van der Waals surface area contributed by atoms with Gasteiger partial charge in [0.2, 0.25) is 0 Å². The van der Waals surface area contributed by atoms with Gasteiger partial charge < -0.3 is 49.6 Å². The van der Waals surface area contributed by atoms with Crippen LogP contribution in [0.1, 0.15) is 38.1 Å². The number of aromatic nitrogens is 6. The lowest BCUT2D eigenvalue weighted by molar-refractivity contribution is -0.141. The van der Waals surface area contributed by atoms with Gasteiger partial charge in [-0.05, 0) is 76.9 Å². The van der Waals surface area contributed by atoms with E-state index in [1.54, 1.807) is 46.7 Å². The van der Waals surface area contributed by atoms with Crippen LogP contribution in [0.3, 0.4) is 0 Å². The first-order valence-electron chi connectivity index (χ1n) is 23.9. The first kappa shape index (κ1) is 49.6. The summed E-state index contributed by atoms with van der Waals surface area (Å²) in [5, 5.41) is 25.4. The highest BCUT2D eigenvalue weighted by Gasteiger charge is 2.43. The van der Waals surface area contributed by atoms with Crippen molar-refractivity contribution in [2.75, 3.05) is 82.8 Å². The molecule has 4 N–H and O–H groups in total. The summed E-state index contributed by atoms with van der Waals surface area (Å²) < 4.78 is 22.7. The Bertz CT molecular complexity index is 3040. The Hall–Kier alpha value is -6.94. The Morgan fingerprint density at radius 3 is 1.74 bits per heavy atom. The molecule has 0 aliphatic carbocycles. The molecule has 11 heterocycles. The molecule has 4 bridgehead atoms. The number of carbonyl (C=O) groups excluding carboxylic acids is 2. The molecule has 0 aromatic carbocycles. The molecule has 22 heteroatoms. The molecular formula is C51H54Cl2N12O8. The number of halogens is 2. The van der Waals surface area contributed by atoms with Crippen molar-refractivity contribution >= 4 is 69.6 Å². The van der Waals surface area contributed by atoms with E-state index in [4.69, 9.17) is 57.2 Å². The summed E-state index contributed by atoms with van der Waals surface area (Å²) in [6.07, 6.45) is 10.1. The predicted octanol–water partition coefficient (Wildman–Crippen LogP) is 7.52. The van der Waals surface area contributed by atoms with Gasteiger partial charge in [0.05, 0.1) is 94.3 Å². The number of aliphatic hydroxyl groups excluding tert-OH is 2. The van der Waals surface area contributed by atoms with Crippen LogP contribution in [-0.4, -0.2) is 135 Å². The molecule has 11 rings (SSSR count). The zero-order chi connectivity index (χ0) is 51.0. The lowest BCUT2D eigenvalue weighted by atomic mass is 10.1. The van der Waals surface area contributed by atoms with Gasteiger partial charge in [-0.3, -0.25) is 29.7 Å². The molecule has 0 unspecified atom stereocenters. The highest BCUT2D eigenvalue weighted by molar-refractivity contribution is 6.34. The summed E-state index contributed by atoms with van der Waals surface area (Å²) >= 11 is 13.3. The number of nitrogens with zero attached hydrogens (tertiary/aromatic N) is 10. The summed E-state index contributed by atoms with van der Waals surface area (Å²) in [7, 11) is 0. The second kappa shape index (κ2) is 20.9. The molecule has 3 fully saturated rings. The normalized spacial score (nSPS) is 19.4. The summed E-state index contributed by atoms with van der Waals surface area (Å²) in [4.78, 5) is 61.7. The molecule has 5 aliphatic heterocycles. The third kappa shape index (κ3) is 10.9. The standard InChI is InChI=1S/C27H29ClN6O4.C24H25ClN6O4/c1-16-8-17(4-6-30-16)24-22(28)10-23-25(32-24)34(19-5-7-33(23)13-19)26(35)31-18-9-20(12-29-11-18)36-14-21-15-37-27(2,3)38-21;1-14-6-15(2-4-27-14)22-20(25)8-21-23(29-22)31(17-3-5-30(21)11-17)24(34)28-16-7-19(10-26-9-16)35-13-18(33)12-32/h4,6,8-12,19,21H,5,7,13-15H2,1-3H3,(H,31,35);2,4,6-10,17-18,32-33H,3,5,11-13H2,1H3,(H,28,34)/t19-,21+;17-,18-/m00/s1. The molecule has 4 amide bonds. The van der Waals surface area contributed by atoms with Gasteiger partial charge in [0, 0.05) is 73.2 Å². The van der Waals surface area contributed by atoms with Crippen molar-refractivity contribution in [3.8, 4) is 34.0 Å². The van der Waals surface area contributed by atoms with Crippen LogP contribution in [0.25, 0.3) is 22.5 Å². The SMILES string of the molecule is Cc1cc(-c2nc3c(cc2Cl)N2CC[C@@H](C2)N3C(=O)Nc2cncc(OC[C@@H](O)CO)c2)ccn1.Cc1cc(-c2nc3c(cc2Cl)N2CC[C@@H](C2)N3C(=O)Nc2cncc(OC[C@@H]3COC(C)(C)O3)c2)ccn1. The zero-order valence-electron chi connectivity index (χ0n) is 40.5. The van der Waals surface area contributed by atoms with Crippen LogP contribution in [0.2, 0.25) is 10.0 Å². The summed E-state index contributed by atoms with van der Waals surface area (Å²) in [5.74, 6) is 1.42. The molecule has 3 saturated heterocycles. The second-order valence-corrected chi connectivity index (χ2v) is 19.6. The van der Waals surface area contributed by atoms with Gasteiger partial charge in [-0.1, -0.05) is 23.2 Å². The van der Waals surface area contributed by atoms with Gasteiger partial charge >= 0.3 is 12.1 Å². The number of carbonyl (C=O) groups is 2. The largest absolute Gasteiger partial charge is 0.489 e. The van der Waals surface area contributed by atoms with E-state index in [1.807, 2.05) is 64.1 Å². The third-order valence-electron chi connectivity index (χ3n) is 12.9. The highest BCUT2D eigenvalue weighted by atomic mass is 35.5. The Morgan fingerprint density at radius 1 is 0.767 bits per heavy atom. The Labute approximate surface area is 431 Å². The Kier molecular flexibility index (Phi) is 14.2.